The van der Waals surface area contributed by atoms with E-state index in [2.05, 4.69) is 16.0 Å². The van der Waals surface area contributed by atoms with Gasteiger partial charge in [0.15, 0.2) is 0 Å². The topological polar surface area (TPSA) is 96.5 Å². The molecular weight excluding hydrogens is 334 g/mol. The minimum atomic E-state index is -0.743. The van der Waals surface area contributed by atoms with Crippen LogP contribution >= 0.6 is 0 Å². The van der Waals surface area contributed by atoms with Crippen LogP contribution in [0.15, 0.2) is 30.3 Å². The minimum absolute atomic E-state index is 0.107. The van der Waals surface area contributed by atoms with Gasteiger partial charge in [0.05, 0.1) is 0 Å². The van der Waals surface area contributed by atoms with Crippen LogP contribution in [0.25, 0.3) is 0 Å². The Morgan fingerprint density at radius 2 is 1.65 bits per heavy atom. The first-order chi connectivity index (χ1) is 12.2. The Hall–Kier alpha value is -2.57. The minimum Gasteiger partial charge on any atom is -0.444 e. The number of amides is 3. The average molecular weight is 363 g/mol. The van der Waals surface area contributed by atoms with Crippen LogP contribution in [0.1, 0.15) is 39.7 Å². The Morgan fingerprint density at radius 1 is 1.04 bits per heavy atom. The van der Waals surface area contributed by atoms with Gasteiger partial charge < -0.3 is 20.7 Å². The van der Waals surface area contributed by atoms with E-state index in [1.807, 2.05) is 30.3 Å². The molecule has 1 aromatic carbocycles. The van der Waals surface area contributed by atoms with Crippen molar-refractivity contribution in [1.82, 2.24) is 16.0 Å². The van der Waals surface area contributed by atoms with Crippen molar-refractivity contribution in [3.05, 3.63) is 35.9 Å². The van der Waals surface area contributed by atoms with Crippen LogP contribution in [-0.2, 0) is 20.7 Å². The third-order valence-corrected chi connectivity index (χ3v) is 3.32. The second-order valence-electron chi connectivity index (χ2n) is 7.02. The van der Waals surface area contributed by atoms with Crippen LogP contribution in [-0.4, -0.2) is 42.6 Å². The molecule has 0 saturated heterocycles. The van der Waals surface area contributed by atoms with Crippen molar-refractivity contribution in [2.24, 2.45) is 0 Å². The molecule has 1 aromatic rings. The Kier molecular flexibility index (Phi) is 8.61. The lowest BCUT2D eigenvalue weighted by Crippen LogP contribution is -2.49. The van der Waals surface area contributed by atoms with Crippen LogP contribution in [0.4, 0.5) is 4.79 Å². The zero-order chi connectivity index (χ0) is 19.6. The summed E-state index contributed by atoms with van der Waals surface area (Å²) in [6.07, 6.45) is 0.333. The van der Waals surface area contributed by atoms with Crippen molar-refractivity contribution < 1.29 is 19.1 Å². The number of ether oxygens (including phenoxy) is 1. The Bertz CT molecular complexity index is 597. The number of hydrogen-bond donors (Lipinski definition) is 3. The maximum atomic E-state index is 12.5. The van der Waals surface area contributed by atoms with Crippen molar-refractivity contribution in [1.29, 1.82) is 0 Å². The van der Waals surface area contributed by atoms with Gasteiger partial charge in [0.25, 0.3) is 0 Å². The number of benzene rings is 1. The number of alkyl carbamates (subject to hydrolysis) is 1. The largest absolute Gasteiger partial charge is 0.444 e. The van der Waals surface area contributed by atoms with Gasteiger partial charge in [0, 0.05) is 26.4 Å². The standard InChI is InChI=1S/C19H29N3O4/c1-14(23)20-11-8-12-21-17(24)16(13-15-9-6-5-7-10-15)22-18(25)26-19(2,3)4/h5-7,9-10,16H,8,11-13H2,1-4H3,(H,20,23)(H,21,24)(H,22,25). The first kappa shape index (κ1) is 21.5. The van der Waals surface area contributed by atoms with Crippen molar-refractivity contribution in [3.8, 4) is 0 Å². The van der Waals surface area contributed by atoms with Crippen LogP contribution < -0.4 is 16.0 Å². The summed E-state index contributed by atoms with van der Waals surface area (Å²) in [7, 11) is 0. The van der Waals surface area contributed by atoms with Gasteiger partial charge in [0.1, 0.15) is 11.6 Å². The Morgan fingerprint density at radius 3 is 2.23 bits per heavy atom. The highest BCUT2D eigenvalue weighted by atomic mass is 16.6. The summed E-state index contributed by atoms with van der Waals surface area (Å²) < 4.78 is 5.25. The van der Waals surface area contributed by atoms with Gasteiger partial charge in [-0.2, -0.15) is 0 Å². The molecule has 1 atom stereocenters. The monoisotopic (exact) mass is 363 g/mol. The molecule has 0 aliphatic heterocycles. The van der Waals surface area contributed by atoms with E-state index in [0.717, 1.165) is 5.56 Å². The van der Waals surface area contributed by atoms with E-state index in [1.54, 1.807) is 20.8 Å². The fourth-order valence-electron chi connectivity index (χ4n) is 2.20. The number of carbonyl (C=O) groups excluding carboxylic acids is 3. The van der Waals surface area contributed by atoms with Gasteiger partial charge in [-0.25, -0.2) is 4.79 Å². The lowest BCUT2D eigenvalue weighted by Gasteiger charge is -2.23. The molecule has 0 aliphatic rings. The molecule has 3 N–H and O–H groups in total. The first-order valence-corrected chi connectivity index (χ1v) is 8.73. The van der Waals surface area contributed by atoms with Gasteiger partial charge in [-0.3, -0.25) is 9.59 Å². The lowest BCUT2D eigenvalue weighted by atomic mass is 10.1. The summed E-state index contributed by atoms with van der Waals surface area (Å²) in [4.78, 5) is 35.4. The van der Waals surface area contributed by atoms with Crippen molar-refractivity contribution in [3.63, 3.8) is 0 Å². The molecule has 1 rings (SSSR count). The highest BCUT2D eigenvalue weighted by Gasteiger charge is 2.24. The maximum absolute atomic E-state index is 12.5. The van der Waals surface area contributed by atoms with Gasteiger partial charge in [-0.15, -0.1) is 0 Å². The number of rotatable bonds is 8. The number of carbonyl (C=O) groups is 3. The van der Waals surface area contributed by atoms with Crippen LogP contribution in [0.5, 0.6) is 0 Å². The summed E-state index contributed by atoms with van der Waals surface area (Å²) in [6.45, 7) is 7.63. The summed E-state index contributed by atoms with van der Waals surface area (Å²) in [5.41, 5.74) is 0.290. The maximum Gasteiger partial charge on any atom is 0.408 e. The highest BCUT2D eigenvalue weighted by Crippen LogP contribution is 2.08. The van der Waals surface area contributed by atoms with E-state index in [-0.39, 0.29) is 11.8 Å². The van der Waals surface area contributed by atoms with Crippen molar-refractivity contribution in [2.45, 2.75) is 52.2 Å². The van der Waals surface area contributed by atoms with Crippen LogP contribution in [0.2, 0.25) is 0 Å². The summed E-state index contributed by atoms with van der Waals surface area (Å²) >= 11 is 0. The molecule has 0 aromatic heterocycles. The fourth-order valence-corrected chi connectivity index (χ4v) is 2.20. The van der Waals surface area contributed by atoms with Gasteiger partial charge in [-0.1, -0.05) is 30.3 Å². The molecule has 1 unspecified atom stereocenters. The third-order valence-electron chi connectivity index (χ3n) is 3.32. The van der Waals surface area contributed by atoms with E-state index < -0.39 is 17.7 Å². The molecule has 0 spiro atoms. The Balaban J connectivity index is 2.62. The zero-order valence-corrected chi connectivity index (χ0v) is 15.9. The normalized spacial score (nSPS) is 12.0. The molecule has 7 heteroatoms. The van der Waals surface area contributed by atoms with Crippen molar-refractivity contribution in [2.75, 3.05) is 13.1 Å². The van der Waals surface area contributed by atoms with Crippen molar-refractivity contribution >= 4 is 17.9 Å². The van der Waals surface area contributed by atoms with E-state index in [9.17, 15) is 14.4 Å². The molecule has 0 fully saturated rings. The number of hydrogen-bond acceptors (Lipinski definition) is 4. The second kappa shape index (κ2) is 10.4. The smallest absolute Gasteiger partial charge is 0.408 e. The van der Waals surface area contributed by atoms with Gasteiger partial charge >= 0.3 is 6.09 Å². The highest BCUT2D eigenvalue weighted by molar-refractivity contribution is 5.86. The molecular formula is C19H29N3O4. The molecule has 3 amide bonds. The van der Waals surface area contributed by atoms with Gasteiger partial charge in [0.2, 0.25) is 11.8 Å². The van der Waals surface area contributed by atoms with E-state index in [0.29, 0.717) is 25.9 Å². The predicted octanol–water partition coefficient (Wildman–Crippen LogP) is 1.76. The summed E-state index contributed by atoms with van der Waals surface area (Å²) in [5, 5.41) is 8.09. The summed E-state index contributed by atoms with van der Waals surface area (Å²) in [5.74, 6) is -0.396. The molecule has 26 heavy (non-hydrogen) atoms. The molecule has 7 nitrogen and oxygen atoms in total. The lowest BCUT2D eigenvalue weighted by molar-refractivity contribution is -0.123. The van der Waals surface area contributed by atoms with E-state index in [1.165, 1.54) is 6.92 Å². The second-order valence-corrected chi connectivity index (χ2v) is 7.02. The SMILES string of the molecule is CC(=O)NCCCNC(=O)C(Cc1ccccc1)NC(=O)OC(C)(C)C. The molecule has 0 heterocycles. The molecule has 0 saturated carbocycles. The van der Waals surface area contributed by atoms with E-state index in [4.69, 9.17) is 4.74 Å². The van der Waals surface area contributed by atoms with Gasteiger partial charge in [-0.05, 0) is 32.8 Å². The quantitative estimate of drug-likeness (QED) is 0.613. The summed E-state index contributed by atoms with van der Waals surface area (Å²) in [6, 6.07) is 8.70. The third kappa shape index (κ3) is 9.66. The van der Waals surface area contributed by atoms with E-state index >= 15 is 0 Å². The fraction of sp³-hybridized carbons (Fsp3) is 0.526. The zero-order valence-electron chi connectivity index (χ0n) is 15.9. The molecule has 0 radical (unpaired) electrons. The molecule has 0 bridgehead atoms. The Labute approximate surface area is 154 Å². The van der Waals surface area contributed by atoms with Crippen LogP contribution in [0, 0.1) is 0 Å². The van der Waals surface area contributed by atoms with Crippen LogP contribution in [0.3, 0.4) is 0 Å². The number of nitrogens with one attached hydrogen (secondary N) is 3. The predicted molar refractivity (Wildman–Crippen MR) is 99.6 cm³/mol. The molecule has 0 aliphatic carbocycles. The first-order valence-electron chi connectivity index (χ1n) is 8.73. The average Bonchev–Trinajstić information content (AvgIpc) is 2.52. The molecule has 144 valence electrons.